The Morgan fingerprint density at radius 1 is 1.59 bits per heavy atom. The van der Waals surface area contributed by atoms with Gasteiger partial charge in [-0.25, -0.2) is 4.79 Å². The highest BCUT2D eigenvalue weighted by molar-refractivity contribution is 7.09. The lowest BCUT2D eigenvalue weighted by Crippen LogP contribution is -2.19. The van der Waals surface area contributed by atoms with Crippen LogP contribution in [0.25, 0.3) is 0 Å². The average molecular weight is 253 g/mol. The maximum absolute atomic E-state index is 10.6. The fourth-order valence-electron chi connectivity index (χ4n) is 1.24. The molecule has 0 aromatic carbocycles. The maximum atomic E-state index is 10.6. The number of hydrogen-bond donors (Lipinski definition) is 2. The number of hydrogen-bond acceptors (Lipinski definition) is 6. The van der Waals surface area contributed by atoms with Crippen molar-refractivity contribution in [3.8, 4) is 0 Å². The monoisotopic (exact) mass is 253 g/mol. The number of nitrogens with zero attached hydrogens (tertiary/aromatic N) is 4. The van der Waals surface area contributed by atoms with E-state index >= 15 is 0 Å². The first-order valence-electron chi connectivity index (χ1n) is 4.97. The first-order chi connectivity index (χ1) is 8.25. The third-order valence-corrected chi connectivity index (χ3v) is 2.84. The molecule has 17 heavy (non-hydrogen) atoms. The van der Waals surface area contributed by atoms with Crippen molar-refractivity contribution in [2.75, 3.05) is 6.54 Å². The van der Waals surface area contributed by atoms with Crippen molar-refractivity contribution in [3.05, 3.63) is 28.5 Å². The summed E-state index contributed by atoms with van der Waals surface area (Å²) >= 11 is 1.59. The highest BCUT2D eigenvalue weighted by Crippen LogP contribution is 2.03. The second kappa shape index (κ2) is 5.51. The summed E-state index contributed by atoms with van der Waals surface area (Å²) in [5.74, 6) is -1.06. The van der Waals surface area contributed by atoms with Crippen LogP contribution in [0.15, 0.2) is 17.9 Å². The number of thiazole rings is 1. The zero-order chi connectivity index (χ0) is 12.1. The third kappa shape index (κ3) is 3.33. The smallest absolute Gasteiger partial charge is 0.358 e. The van der Waals surface area contributed by atoms with Gasteiger partial charge in [-0.2, -0.15) is 0 Å². The predicted octanol–water partition coefficient (Wildman–Crippen LogP) is 0.223. The van der Waals surface area contributed by atoms with Gasteiger partial charge in [0.2, 0.25) is 0 Å². The van der Waals surface area contributed by atoms with Gasteiger partial charge in [0.05, 0.1) is 18.3 Å². The molecule has 0 saturated heterocycles. The van der Waals surface area contributed by atoms with Crippen LogP contribution in [0.5, 0.6) is 0 Å². The molecule has 0 radical (unpaired) electrons. The Labute approximate surface area is 101 Å². The van der Waals surface area contributed by atoms with E-state index in [4.69, 9.17) is 5.11 Å². The van der Waals surface area contributed by atoms with Crippen LogP contribution in [0.3, 0.4) is 0 Å². The molecule has 0 fully saturated rings. The van der Waals surface area contributed by atoms with Gasteiger partial charge in [0.15, 0.2) is 5.69 Å². The van der Waals surface area contributed by atoms with Gasteiger partial charge in [0, 0.05) is 24.2 Å². The van der Waals surface area contributed by atoms with Gasteiger partial charge in [-0.15, -0.1) is 16.4 Å². The molecular formula is C9H11N5O2S. The molecule has 0 amide bonds. The van der Waals surface area contributed by atoms with Crippen molar-refractivity contribution in [1.82, 2.24) is 25.3 Å². The Bertz CT molecular complexity index is 481. The van der Waals surface area contributed by atoms with Gasteiger partial charge in [0.25, 0.3) is 0 Å². The molecule has 2 heterocycles. The van der Waals surface area contributed by atoms with Crippen molar-refractivity contribution < 1.29 is 9.90 Å². The summed E-state index contributed by atoms with van der Waals surface area (Å²) in [7, 11) is 0. The molecule has 2 N–H and O–H groups in total. The summed E-state index contributed by atoms with van der Waals surface area (Å²) in [5.41, 5.74) is 1.75. The fraction of sp³-hybridized carbons (Fsp3) is 0.333. The SMILES string of the molecule is O=C(O)c1cn(CCNCc2cncs2)nn1. The van der Waals surface area contributed by atoms with Crippen molar-refractivity contribution >= 4 is 17.3 Å². The Balaban J connectivity index is 1.72. The molecule has 0 aliphatic rings. The minimum Gasteiger partial charge on any atom is -0.476 e. The van der Waals surface area contributed by atoms with Crippen LogP contribution in [-0.4, -0.2) is 37.6 Å². The van der Waals surface area contributed by atoms with E-state index in [9.17, 15) is 4.79 Å². The quantitative estimate of drug-likeness (QED) is 0.715. The molecule has 90 valence electrons. The lowest BCUT2D eigenvalue weighted by atomic mass is 10.5. The Morgan fingerprint density at radius 2 is 2.47 bits per heavy atom. The van der Waals surface area contributed by atoms with Crippen LogP contribution in [-0.2, 0) is 13.1 Å². The van der Waals surface area contributed by atoms with Crippen molar-refractivity contribution in [2.45, 2.75) is 13.1 Å². The summed E-state index contributed by atoms with van der Waals surface area (Å²) in [5, 5.41) is 19.1. The largest absolute Gasteiger partial charge is 0.476 e. The zero-order valence-electron chi connectivity index (χ0n) is 8.91. The molecule has 2 aromatic rings. The number of carboxylic acid groups (broad SMARTS) is 1. The number of aromatic carboxylic acids is 1. The van der Waals surface area contributed by atoms with Crippen molar-refractivity contribution in [3.63, 3.8) is 0 Å². The van der Waals surface area contributed by atoms with Gasteiger partial charge in [0.1, 0.15) is 0 Å². The first kappa shape index (κ1) is 11.7. The van der Waals surface area contributed by atoms with Crippen LogP contribution in [0, 0.1) is 0 Å². The lowest BCUT2D eigenvalue weighted by Gasteiger charge is -2.01. The number of carbonyl (C=O) groups is 1. The van der Waals surface area contributed by atoms with E-state index < -0.39 is 5.97 Å². The molecular weight excluding hydrogens is 242 g/mol. The molecule has 2 aromatic heterocycles. The average Bonchev–Trinajstić information content (AvgIpc) is 2.96. The minimum absolute atomic E-state index is 0.0348. The second-order valence-electron chi connectivity index (χ2n) is 3.32. The molecule has 2 rings (SSSR count). The number of nitrogens with one attached hydrogen (secondary N) is 1. The topological polar surface area (TPSA) is 92.9 Å². The molecule has 0 bridgehead atoms. The van der Waals surface area contributed by atoms with E-state index in [2.05, 4.69) is 20.6 Å². The first-order valence-corrected chi connectivity index (χ1v) is 5.85. The van der Waals surface area contributed by atoms with E-state index in [1.807, 2.05) is 6.20 Å². The molecule has 7 nitrogen and oxygen atoms in total. The van der Waals surface area contributed by atoms with Crippen LogP contribution in [0.4, 0.5) is 0 Å². The van der Waals surface area contributed by atoms with Crippen molar-refractivity contribution in [1.29, 1.82) is 0 Å². The summed E-state index contributed by atoms with van der Waals surface area (Å²) in [4.78, 5) is 15.7. The van der Waals surface area contributed by atoms with E-state index in [1.54, 1.807) is 16.8 Å². The van der Waals surface area contributed by atoms with Gasteiger partial charge in [-0.3, -0.25) is 9.67 Å². The van der Waals surface area contributed by atoms with Gasteiger partial charge >= 0.3 is 5.97 Å². The third-order valence-electron chi connectivity index (χ3n) is 2.06. The lowest BCUT2D eigenvalue weighted by molar-refractivity contribution is 0.0690. The number of aromatic nitrogens is 4. The number of rotatable bonds is 6. The van der Waals surface area contributed by atoms with E-state index in [0.717, 1.165) is 11.4 Å². The molecule has 0 saturated carbocycles. The van der Waals surface area contributed by atoms with Crippen LogP contribution in [0.2, 0.25) is 0 Å². The fourth-order valence-corrected chi connectivity index (χ4v) is 1.80. The van der Waals surface area contributed by atoms with Gasteiger partial charge in [-0.1, -0.05) is 5.21 Å². The summed E-state index contributed by atoms with van der Waals surface area (Å²) < 4.78 is 1.50. The number of carboxylic acids is 1. The standard InChI is InChI=1S/C9H11N5O2S/c15-9(16)8-5-14(13-12-8)2-1-10-3-7-4-11-6-17-7/h4-6,10H,1-3H2,(H,15,16). The highest BCUT2D eigenvalue weighted by Gasteiger charge is 2.07. The maximum Gasteiger partial charge on any atom is 0.358 e. The van der Waals surface area contributed by atoms with Gasteiger partial charge < -0.3 is 10.4 Å². The molecule has 0 aliphatic carbocycles. The predicted molar refractivity (Wildman–Crippen MR) is 60.8 cm³/mol. The van der Waals surface area contributed by atoms with E-state index in [-0.39, 0.29) is 5.69 Å². The van der Waals surface area contributed by atoms with Crippen LogP contribution in [0.1, 0.15) is 15.4 Å². The Kier molecular flexibility index (Phi) is 3.78. The highest BCUT2D eigenvalue weighted by atomic mass is 32.1. The summed E-state index contributed by atoms with van der Waals surface area (Å²) in [6, 6.07) is 0. The summed E-state index contributed by atoms with van der Waals surface area (Å²) in [6.07, 6.45) is 3.23. The van der Waals surface area contributed by atoms with Crippen LogP contribution >= 0.6 is 11.3 Å². The Morgan fingerprint density at radius 3 is 3.12 bits per heavy atom. The van der Waals surface area contributed by atoms with Crippen molar-refractivity contribution in [2.24, 2.45) is 0 Å². The van der Waals surface area contributed by atoms with Gasteiger partial charge in [-0.05, 0) is 0 Å². The molecule has 0 spiro atoms. The minimum atomic E-state index is -1.06. The molecule has 0 atom stereocenters. The normalized spacial score (nSPS) is 10.6. The molecule has 0 aliphatic heterocycles. The molecule has 8 heteroatoms. The zero-order valence-corrected chi connectivity index (χ0v) is 9.72. The summed E-state index contributed by atoms with van der Waals surface area (Å²) in [6.45, 7) is 2.03. The molecule has 0 unspecified atom stereocenters. The van der Waals surface area contributed by atoms with E-state index in [0.29, 0.717) is 13.1 Å². The Hall–Kier alpha value is -1.80. The second-order valence-corrected chi connectivity index (χ2v) is 4.29. The van der Waals surface area contributed by atoms with Crippen LogP contribution < -0.4 is 5.32 Å². The van der Waals surface area contributed by atoms with E-state index in [1.165, 1.54) is 10.9 Å².